The van der Waals surface area contributed by atoms with E-state index in [2.05, 4.69) is 19.0 Å². The molecule has 0 saturated carbocycles. The lowest BCUT2D eigenvalue weighted by Crippen LogP contribution is -2.31. The number of hydrogen-bond acceptors (Lipinski definition) is 4. The average Bonchev–Trinajstić information content (AvgIpc) is 3.22. The van der Waals surface area contributed by atoms with Gasteiger partial charge in [0.25, 0.3) is 5.91 Å². The molecule has 0 aliphatic carbocycles. The highest BCUT2D eigenvalue weighted by molar-refractivity contribution is 5.97. The van der Waals surface area contributed by atoms with Gasteiger partial charge in [-0.2, -0.15) is 0 Å². The second-order valence-electron chi connectivity index (χ2n) is 6.17. The van der Waals surface area contributed by atoms with E-state index in [0.29, 0.717) is 11.3 Å². The molecule has 5 heteroatoms. The van der Waals surface area contributed by atoms with Crippen LogP contribution < -0.4 is 4.74 Å². The van der Waals surface area contributed by atoms with Crippen molar-refractivity contribution in [3.05, 3.63) is 47.3 Å². The lowest BCUT2D eigenvalue weighted by atomic mass is 10.1. The summed E-state index contributed by atoms with van der Waals surface area (Å²) in [6.07, 6.45) is 1.88. The number of carbonyl (C=O) groups excluding carboxylic acids is 1. The zero-order chi connectivity index (χ0) is 16.4. The first-order valence-corrected chi connectivity index (χ1v) is 8.02. The molecule has 122 valence electrons. The molecule has 1 aliphatic heterocycles. The van der Waals surface area contributed by atoms with Gasteiger partial charge in [0.05, 0.1) is 18.7 Å². The first kappa shape index (κ1) is 15.6. The SMILES string of the molecule is COc1ccccc1C(=O)N1CCCC1c1cc(C(C)C)on1. The minimum atomic E-state index is -0.0244. The van der Waals surface area contributed by atoms with Crippen molar-refractivity contribution >= 4 is 5.91 Å². The van der Waals surface area contributed by atoms with Crippen LogP contribution in [0.2, 0.25) is 0 Å². The van der Waals surface area contributed by atoms with Gasteiger partial charge < -0.3 is 14.2 Å². The van der Waals surface area contributed by atoms with Crippen molar-refractivity contribution in [2.45, 2.75) is 38.6 Å². The minimum absolute atomic E-state index is 0.0148. The number of para-hydroxylation sites is 1. The Labute approximate surface area is 136 Å². The molecule has 1 unspecified atom stereocenters. The smallest absolute Gasteiger partial charge is 0.258 e. The van der Waals surface area contributed by atoms with E-state index in [1.807, 2.05) is 29.2 Å². The number of hydrogen-bond donors (Lipinski definition) is 0. The van der Waals surface area contributed by atoms with Gasteiger partial charge >= 0.3 is 0 Å². The van der Waals surface area contributed by atoms with Crippen LogP contribution >= 0.6 is 0 Å². The first-order valence-electron chi connectivity index (χ1n) is 8.02. The van der Waals surface area contributed by atoms with Gasteiger partial charge in [0, 0.05) is 18.5 Å². The van der Waals surface area contributed by atoms with E-state index in [4.69, 9.17) is 9.26 Å². The zero-order valence-corrected chi connectivity index (χ0v) is 13.8. The third-order valence-corrected chi connectivity index (χ3v) is 4.31. The minimum Gasteiger partial charge on any atom is -0.496 e. The number of benzene rings is 1. The fourth-order valence-corrected chi connectivity index (χ4v) is 3.03. The summed E-state index contributed by atoms with van der Waals surface area (Å²) in [6.45, 7) is 4.86. The Morgan fingerprint density at radius 2 is 2.17 bits per heavy atom. The molecule has 2 aromatic rings. The Kier molecular flexibility index (Phi) is 4.37. The number of carbonyl (C=O) groups is 1. The summed E-state index contributed by atoms with van der Waals surface area (Å²) >= 11 is 0. The van der Waals surface area contributed by atoms with E-state index in [9.17, 15) is 4.79 Å². The number of aromatic nitrogens is 1. The highest BCUT2D eigenvalue weighted by atomic mass is 16.5. The Morgan fingerprint density at radius 1 is 1.39 bits per heavy atom. The highest BCUT2D eigenvalue weighted by Gasteiger charge is 2.33. The molecule has 23 heavy (non-hydrogen) atoms. The molecule has 1 aromatic heterocycles. The maximum Gasteiger partial charge on any atom is 0.258 e. The lowest BCUT2D eigenvalue weighted by molar-refractivity contribution is 0.0727. The highest BCUT2D eigenvalue weighted by Crippen LogP contribution is 2.35. The zero-order valence-electron chi connectivity index (χ0n) is 13.8. The molecule has 1 aliphatic rings. The van der Waals surface area contributed by atoms with Crippen molar-refractivity contribution in [2.24, 2.45) is 0 Å². The summed E-state index contributed by atoms with van der Waals surface area (Å²) in [6, 6.07) is 9.29. The van der Waals surface area contributed by atoms with Crippen LogP contribution in [0.1, 0.15) is 60.5 Å². The maximum absolute atomic E-state index is 12.9. The van der Waals surface area contributed by atoms with Gasteiger partial charge in [-0.3, -0.25) is 4.79 Å². The Morgan fingerprint density at radius 3 is 2.87 bits per heavy atom. The van der Waals surface area contributed by atoms with Gasteiger partial charge in [-0.25, -0.2) is 0 Å². The number of likely N-dealkylation sites (tertiary alicyclic amines) is 1. The standard InChI is InChI=1S/C18H22N2O3/c1-12(2)17-11-14(19-23-17)15-8-6-10-20(15)18(21)13-7-4-5-9-16(13)22-3/h4-5,7,9,11-12,15H,6,8,10H2,1-3H3. The van der Waals surface area contributed by atoms with E-state index in [1.165, 1.54) is 0 Å². The van der Waals surface area contributed by atoms with Crippen LogP contribution in [0.25, 0.3) is 0 Å². The van der Waals surface area contributed by atoms with Gasteiger partial charge in [-0.1, -0.05) is 31.1 Å². The van der Waals surface area contributed by atoms with Gasteiger partial charge in [0.1, 0.15) is 17.2 Å². The van der Waals surface area contributed by atoms with Crippen LogP contribution in [-0.4, -0.2) is 29.6 Å². The summed E-state index contributed by atoms with van der Waals surface area (Å²) < 4.78 is 10.7. The normalized spacial score (nSPS) is 17.7. The number of methoxy groups -OCH3 is 1. The van der Waals surface area contributed by atoms with Crippen molar-refractivity contribution in [1.82, 2.24) is 10.1 Å². The fourth-order valence-electron chi connectivity index (χ4n) is 3.03. The summed E-state index contributed by atoms with van der Waals surface area (Å²) in [5.74, 6) is 1.73. The number of amides is 1. The average molecular weight is 314 g/mol. The predicted octanol–water partition coefficient (Wildman–Crippen LogP) is 3.78. The number of rotatable bonds is 4. The topological polar surface area (TPSA) is 55.6 Å². The second kappa shape index (κ2) is 6.44. The molecule has 1 amide bonds. The van der Waals surface area contributed by atoms with E-state index in [0.717, 1.165) is 30.8 Å². The van der Waals surface area contributed by atoms with E-state index in [1.54, 1.807) is 13.2 Å². The van der Waals surface area contributed by atoms with E-state index < -0.39 is 0 Å². The quantitative estimate of drug-likeness (QED) is 0.861. The third kappa shape index (κ3) is 2.96. The summed E-state index contributed by atoms with van der Waals surface area (Å²) in [5, 5.41) is 4.19. The molecule has 1 fully saturated rings. The van der Waals surface area contributed by atoms with Crippen LogP contribution in [0.4, 0.5) is 0 Å². The molecule has 1 saturated heterocycles. The van der Waals surface area contributed by atoms with Crippen molar-refractivity contribution in [2.75, 3.05) is 13.7 Å². The molecule has 2 heterocycles. The largest absolute Gasteiger partial charge is 0.496 e. The van der Waals surface area contributed by atoms with Crippen LogP contribution in [0, 0.1) is 0 Å². The van der Waals surface area contributed by atoms with Crippen LogP contribution in [0.15, 0.2) is 34.9 Å². The molecule has 1 atom stereocenters. The van der Waals surface area contributed by atoms with Crippen molar-refractivity contribution in [3.63, 3.8) is 0 Å². The molecule has 1 aromatic carbocycles. The fraction of sp³-hybridized carbons (Fsp3) is 0.444. The summed E-state index contributed by atoms with van der Waals surface area (Å²) in [4.78, 5) is 14.8. The van der Waals surface area contributed by atoms with E-state index in [-0.39, 0.29) is 17.9 Å². The van der Waals surface area contributed by atoms with Crippen molar-refractivity contribution < 1.29 is 14.1 Å². The number of nitrogens with zero attached hydrogens (tertiary/aromatic N) is 2. The molecular formula is C18H22N2O3. The van der Waals surface area contributed by atoms with Gasteiger partial charge in [0.2, 0.25) is 0 Å². The van der Waals surface area contributed by atoms with Crippen LogP contribution in [0.3, 0.4) is 0 Å². The van der Waals surface area contributed by atoms with Gasteiger partial charge in [-0.15, -0.1) is 0 Å². The Balaban J connectivity index is 1.87. The van der Waals surface area contributed by atoms with Crippen molar-refractivity contribution in [3.8, 4) is 5.75 Å². The lowest BCUT2D eigenvalue weighted by Gasteiger charge is -2.23. The molecule has 5 nitrogen and oxygen atoms in total. The summed E-state index contributed by atoms with van der Waals surface area (Å²) in [5.41, 5.74) is 1.43. The molecule has 0 radical (unpaired) electrons. The van der Waals surface area contributed by atoms with Gasteiger partial charge in [0.15, 0.2) is 0 Å². The maximum atomic E-state index is 12.9. The molecule has 0 N–H and O–H groups in total. The molecule has 0 spiro atoms. The first-order chi connectivity index (χ1) is 11.1. The molecule has 3 rings (SSSR count). The number of ether oxygens (including phenoxy) is 1. The van der Waals surface area contributed by atoms with Crippen LogP contribution in [-0.2, 0) is 0 Å². The molecule has 0 bridgehead atoms. The van der Waals surface area contributed by atoms with E-state index >= 15 is 0 Å². The predicted molar refractivity (Wildman–Crippen MR) is 86.6 cm³/mol. The summed E-state index contributed by atoms with van der Waals surface area (Å²) in [7, 11) is 1.58. The third-order valence-electron chi connectivity index (χ3n) is 4.31. The molecular weight excluding hydrogens is 292 g/mol. The van der Waals surface area contributed by atoms with Crippen LogP contribution in [0.5, 0.6) is 5.75 Å². The monoisotopic (exact) mass is 314 g/mol. The second-order valence-corrected chi connectivity index (χ2v) is 6.17. The Bertz CT molecular complexity index is 693. The van der Waals surface area contributed by atoms with Gasteiger partial charge in [-0.05, 0) is 25.0 Å². The Hall–Kier alpha value is -2.30. The van der Waals surface area contributed by atoms with Crippen molar-refractivity contribution in [1.29, 1.82) is 0 Å².